The lowest BCUT2D eigenvalue weighted by Gasteiger charge is -2.27. The fourth-order valence-corrected chi connectivity index (χ4v) is 3.42. The van der Waals surface area contributed by atoms with Crippen LogP contribution in [0, 0.1) is 10.1 Å². The molecule has 0 aromatic heterocycles. The van der Waals surface area contributed by atoms with Gasteiger partial charge in [-0.05, 0) is 42.5 Å². The van der Waals surface area contributed by atoms with E-state index in [4.69, 9.17) is 4.74 Å². The zero-order chi connectivity index (χ0) is 22.8. The molecule has 1 aliphatic rings. The molecule has 0 saturated heterocycles. The number of fused-ring (bicyclic) bond motifs is 1. The van der Waals surface area contributed by atoms with Crippen LogP contribution in [0.1, 0.15) is 31.1 Å². The molecule has 1 heterocycles. The van der Waals surface area contributed by atoms with Crippen molar-refractivity contribution in [3.05, 3.63) is 99.6 Å². The van der Waals surface area contributed by atoms with E-state index < -0.39 is 22.6 Å². The second-order valence-corrected chi connectivity index (χ2v) is 6.96. The summed E-state index contributed by atoms with van der Waals surface area (Å²) in [4.78, 5) is 51.7. The van der Waals surface area contributed by atoms with E-state index in [2.05, 4.69) is 0 Å². The molecule has 9 heteroatoms. The van der Waals surface area contributed by atoms with Gasteiger partial charge in [-0.3, -0.25) is 34.3 Å². The van der Waals surface area contributed by atoms with Crippen molar-refractivity contribution in [3.63, 3.8) is 0 Å². The van der Waals surface area contributed by atoms with Crippen LogP contribution in [-0.2, 0) is 0 Å². The van der Waals surface area contributed by atoms with Crippen molar-refractivity contribution in [2.45, 2.75) is 0 Å². The number of carbonyl (C=O) groups excluding carboxylic acids is 3. The van der Waals surface area contributed by atoms with Crippen molar-refractivity contribution in [2.24, 2.45) is 0 Å². The predicted octanol–water partition coefficient (Wildman–Crippen LogP) is 3.50. The number of amides is 3. The average molecular weight is 431 g/mol. The Hall–Kier alpha value is -4.53. The lowest BCUT2D eigenvalue weighted by molar-refractivity contribution is -0.384. The number of hydrogen-bond donors (Lipinski definition) is 0. The minimum absolute atomic E-state index is 0.0578. The predicted molar refractivity (Wildman–Crippen MR) is 115 cm³/mol. The first-order valence-electron chi connectivity index (χ1n) is 9.56. The van der Waals surface area contributed by atoms with Crippen molar-refractivity contribution in [2.75, 3.05) is 18.7 Å². The Balaban J connectivity index is 1.70. The molecular weight excluding hydrogens is 414 g/mol. The number of ether oxygens (including phenoxy) is 1. The van der Waals surface area contributed by atoms with Gasteiger partial charge in [0.05, 0.1) is 23.2 Å². The number of anilines is 1. The van der Waals surface area contributed by atoms with E-state index in [0.717, 1.165) is 11.0 Å². The lowest BCUT2D eigenvalue weighted by Crippen LogP contribution is -2.44. The molecule has 0 unspecified atom stereocenters. The van der Waals surface area contributed by atoms with E-state index in [9.17, 15) is 24.5 Å². The second kappa shape index (κ2) is 8.31. The Bertz CT molecular complexity index is 1220. The normalized spacial score (nSPS) is 12.5. The Labute approximate surface area is 182 Å². The second-order valence-electron chi connectivity index (χ2n) is 6.96. The van der Waals surface area contributed by atoms with Crippen LogP contribution in [0.15, 0.2) is 72.8 Å². The van der Waals surface area contributed by atoms with Gasteiger partial charge in [-0.15, -0.1) is 0 Å². The number of hydrogen-bond acceptors (Lipinski definition) is 6. The monoisotopic (exact) mass is 431 g/mol. The highest BCUT2D eigenvalue weighted by Gasteiger charge is 2.38. The van der Waals surface area contributed by atoms with E-state index in [1.54, 1.807) is 54.6 Å². The fourth-order valence-electron chi connectivity index (χ4n) is 3.42. The van der Waals surface area contributed by atoms with Crippen LogP contribution in [-0.4, -0.2) is 41.3 Å². The topological polar surface area (TPSA) is 110 Å². The summed E-state index contributed by atoms with van der Waals surface area (Å²) in [6.45, 7) is -0.361. The minimum atomic E-state index is -0.701. The van der Waals surface area contributed by atoms with Crippen molar-refractivity contribution < 1.29 is 24.0 Å². The summed E-state index contributed by atoms with van der Waals surface area (Å²) in [5, 5.41) is 11.1. The summed E-state index contributed by atoms with van der Waals surface area (Å²) in [5.41, 5.74) is 0.519. The molecule has 3 aromatic carbocycles. The summed E-state index contributed by atoms with van der Waals surface area (Å²) in [5.74, 6) is -1.17. The molecule has 0 aliphatic carbocycles. The Morgan fingerprint density at radius 2 is 1.62 bits per heavy atom. The van der Waals surface area contributed by atoms with Crippen molar-refractivity contribution >= 4 is 29.1 Å². The third-order valence-electron chi connectivity index (χ3n) is 5.10. The zero-order valence-electron chi connectivity index (χ0n) is 16.9. The Kier molecular flexibility index (Phi) is 5.38. The van der Waals surface area contributed by atoms with Crippen LogP contribution in [0.5, 0.6) is 5.75 Å². The molecule has 9 nitrogen and oxygen atoms in total. The van der Waals surface area contributed by atoms with Crippen molar-refractivity contribution in [1.29, 1.82) is 0 Å². The van der Waals surface area contributed by atoms with Crippen LogP contribution in [0.4, 0.5) is 11.4 Å². The fraction of sp³-hybridized carbons (Fsp3) is 0.0870. The first-order valence-corrected chi connectivity index (χ1v) is 9.56. The summed E-state index contributed by atoms with van der Waals surface area (Å²) < 4.78 is 5.16. The van der Waals surface area contributed by atoms with Gasteiger partial charge in [-0.25, -0.2) is 0 Å². The van der Waals surface area contributed by atoms with Crippen LogP contribution in [0.2, 0.25) is 0 Å². The SMILES string of the molecule is COc1ccc(N(CN2C(=O)c3ccc([N+](=O)[O-])cc3C2=O)C(=O)c2ccccc2)cc1. The maximum absolute atomic E-state index is 13.3. The van der Waals surface area contributed by atoms with Gasteiger partial charge in [0.25, 0.3) is 23.4 Å². The molecule has 32 heavy (non-hydrogen) atoms. The van der Waals surface area contributed by atoms with Crippen LogP contribution < -0.4 is 9.64 Å². The Morgan fingerprint density at radius 1 is 0.969 bits per heavy atom. The number of nitro groups is 1. The molecule has 0 bridgehead atoms. The molecule has 0 fully saturated rings. The van der Waals surface area contributed by atoms with E-state index in [1.807, 2.05) is 0 Å². The van der Waals surface area contributed by atoms with Gasteiger partial charge in [0.1, 0.15) is 12.4 Å². The molecular formula is C23H17N3O6. The molecule has 160 valence electrons. The van der Waals surface area contributed by atoms with E-state index in [1.165, 1.54) is 24.1 Å². The summed E-state index contributed by atoms with van der Waals surface area (Å²) >= 11 is 0. The van der Waals surface area contributed by atoms with E-state index in [0.29, 0.717) is 17.0 Å². The highest BCUT2D eigenvalue weighted by Crippen LogP contribution is 2.29. The molecule has 0 radical (unpaired) electrons. The number of benzene rings is 3. The summed E-state index contributed by atoms with van der Waals surface area (Å²) in [6, 6.07) is 18.5. The Morgan fingerprint density at radius 3 is 2.25 bits per heavy atom. The average Bonchev–Trinajstić information content (AvgIpc) is 3.06. The molecule has 4 rings (SSSR count). The van der Waals surface area contributed by atoms with Gasteiger partial charge in [-0.2, -0.15) is 0 Å². The lowest BCUT2D eigenvalue weighted by atomic mass is 10.1. The minimum Gasteiger partial charge on any atom is -0.497 e. The molecule has 0 spiro atoms. The molecule has 0 saturated carbocycles. The van der Waals surface area contributed by atoms with E-state index in [-0.39, 0.29) is 23.5 Å². The molecule has 0 N–H and O–H groups in total. The van der Waals surface area contributed by atoms with Gasteiger partial charge in [0.2, 0.25) is 0 Å². The number of nitrogens with zero attached hydrogens (tertiary/aromatic N) is 3. The quantitative estimate of drug-likeness (QED) is 0.336. The van der Waals surface area contributed by atoms with Gasteiger partial charge in [-0.1, -0.05) is 18.2 Å². The maximum Gasteiger partial charge on any atom is 0.270 e. The zero-order valence-corrected chi connectivity index (χ0v) is 16.9. The van der Waals surface area contributed by atoms with Crippen LogP contribution in [0.25, 0.3) is 0 Å². The number of imide groups is 1. The number of methoxy groups -OCH3 is 1. The van der Waals surface area contributed by atoms with Gasteiger partial charge >= 0.3 is 0 Å². The summed E-state index contributed by atoms with van der Waals surface area (Å²) in [6.07, 6.45) is 0. The van der Waals surface area contributed by atoms with Crippen molar-refractivity contribution in [3.8, 4) is 5.75 Å². The van der Waals surface area contributed by atoms with Gasteiger partial charge in [0.15, 0.2) is 0 Å². The van der Waals surface area contributed by atoms with Gasteiger partial charge < -0.3 is 4.74 Å². The number of carbonyl (C=O) groups is 3. The largest absolute Gasteiger partial charge is 0.497 e. The van der Waals surface area contributed by atoms with Gasteiger partial charge in [0, 0.05) is 23.4 Å². The van der Waals surface area contributed by atoms with E-state index >= 15 is 0 Å². The highest BCUT2D eigenvalue weighted by molar-refractivity contribution is 6.22. The molecule has 3 aromatic rings. The highest BCUT2D eigenvalue weighted by atomic mass is 16.6. The third-order valence-corrected chi connectivity index (χ3v) is 5.10. The molecule has 0 atom stereocenters. The third kappa shape index (κ3) is 3.67. The number of non-ortho nitro benzene ring substituents is 1. The van der Waals surface area contributed by atoms with Crippen molar-refractivity contribution in [1.82, 2.24) is 4.90 Å². The first kappa shape index (κ1) is 20.7. The molecule has 1 aliphatic heterocycles. The van der Waals surface area contributed by atoms with Crippen LogP contribution in [0.3, 0.4) is 0 Å². The first-order chi connectivity index (χ1) is 15.4. The summed E-state index contributed by atoms with van der Waals surface area (Å²) in [7, 11) is 1.51. The number of nitro benzene ring substituents is 1. The molecule has 3 amide bonds. The maximum atomic E-state index is 13.3. The smallest absolute Gasteiger partial charge is 0.270 e. The van der Waals surface area contributed by atoms with Crippen LogP contribution >= 0.6 is 0 Å². The number of rotatable bonds is 6. The standard InChI is InChI=1S/C23H17N3O6/c1-32-18-10-7-16(8-11-18)24(21(27)15-5-3-2-4-6-15)14-25-22(28)19-12-9-17(26(30)31)13-20(19)23(25)29/h2-13H,14H2,1H3.